The fourth-order valence-corrected chi connectivity index (χ4v) is 3.33. The summed E-state index contributed by atoms with van der Waals surface area (Å²) in [7, 11) is 0. The van der Waals surface area contributed by atoms with Crippen molar-refractivity contribution < 1.29 is 32.4 Å². The second-order valence-corrected chi connectivity index (χ2v) is 7.20. The number of rotatable bonds is 6. The van der Waals surface area contributed by atoms with Gasteiger partial charge in [-0.15, -0.1) is 0 Å². The fraction of sp³-hybridized carbons (Fsp3) is 0.333. The van der Waals surface area contributed by atoms with Gasteiger partial charge in [-0.3, -0.25) is 19.7 Å². The Morgan fingerprint density at radius 3 is 2.22 bits per heavy atom. The molecule has 2 aromatic carbocycles. The first kappa shape index (κ1) is 23.0. The Morgan fingerprint density at radius 1 is 1.06 bits per heavy atom. The molecule has 1 aliphatic rings. The Bertz CT molecular complexity index is 1020. The molecule has 0 unspecified atom stereocenters. The Labute approximate surface area is 181 Å². The van der Waals surface area contributed by atoms with Gasteiger partial charge in [0.15, 0.2) is 12.4 Å². The maximum Gasteiger partial charge on any atom is 0.416 e. The third-order valence-electron chi connectivity index (χ3n) is 5.10. The summed E-state index contributed by atoms with van der Waals surface area (Å²) in [6.07, 6.45) is -4.68. The van der Waals surface area contributed by atoms with Crippen LogP contribution in [0.2, 0.25) is 0 Å². The number of ketones is 1. The highest BCUT2D eigenvalue weighted by Gasteiger charge is 2.34. The highest BCUT2D eigenvalue weighted by molar-refractivity contribution is 5.94. The van der Waals surface area contributed by atoms with Crippen molar-refractivity contribution in [1.82, 2.24) is 4.90 Å². The van der Waals surface area contributed by atoms with Gasteiger partial charge in [0.1, 0.15) is 11.4 Å². The predicted octanol–water partition coefficient (Wildman–Crippen LogP) is 3.54. The number of nitro groups is 1. The monoisotopic (exact) mass is 451 g/mol. The van der Waals surface area contributed by atoms with Crippen LogP contribution in [0.3, 0.4) is 0 Å². The van der Waals surface area contributed by atoms with Crippen molar-refractivity contribution in [2.45, 2.75) is 13.1 Å². The third-order valence-corrected chi connectivity index (χ3v) is 5.10. The molecule has 0 aliphatic carbocycles. The topological polar surface area (TPSA) is 93.0 Å². The number of alkyl halides is 3. The lowest BCUT2D eigenvalue weighted by Gasteiger charge is -2.35. The van der Waals surface area contributed by atoms with Gasteiger partial charge in [0.2, 0.25) is 0 Å². The molecule has 2 aromatic rings. The molecule has 1 heterocycles. The number of amides is 1. The summed E-state index contributed by atoms with van der Waals surface area (Å²) in [5.41, 5.74) is -1.11. The van der Waals surface area contributed by atoms with Crippen LogP contribution in [-0.4, -0.2) is 54.3 Å². The van der Waals surface area contributed by atoms with Crippen LogP contribution in [0.5, 0.6) is 5.75 Å². The lowest BCUT2D eigenvalue weighted by atomic mass is 10.1. The number of carbonyl (C=O) groups excluding carboxylic acids is 2. The highest BCUT2D eigenvalue weighted by atomic mass is 19.4. The Morgan fingerprint density at radius 2 is 1.69 bits per heavy atom. The maximum absolute atomic E-state index is 12.9. The molecule has 0 radical (unpaired) electrons. The van der Waals surface area contributed by atoms with Crippen molar-refractivity contribution in [3.8, 4) is 5.75 Å². The zero-order valence-electron chi connectivity index (χ0n) is 17.1. The molecule has 8 nitrogen and oxygen atoms in total. The first-order valence-electron chi connectivity index (χ1n) is 9.68. The van der Waals surface area contributed by atoms with Gasteiger partial charge in [-0.2, -0.15) is 13.2 Å². The number of nitrogens with zero attached hydrogens (tertiary/aromatic N) is 3. The quantitative estimate of drug-likeness (QED) is 0.379. The van der Waals surface area contributed by atoms with Crippen LogP contribution in [0.1, 0.15) is 22.8 Å². The molecule has 1 saturated heterocycles. The number of nitro benzene ring substituents is 1. The van der Waals surface area contributed by atoms with E-state index in [1.54, 1.807) is 29.2 Å². The van der Waals surface area contributed by atoms with E-state index < -0.39 is 22.4 Å². The summed E-state index contributed by atoms with van der Waals surface area (Å²) in [5, 5.41) is 11.3. The van der Waals surface area contributed by atoms with Gasteiger partial charge >= 0.3 is 6.18 Å². The normalized spacial score (nSPS) is 14.2. The number of benzene rings is 2. The van der Waals surface area contributed by atoms with Crippen molar-refractivity contribution in [1.29, 1.82) is 0 Å². The van der Waals surface area contributed by atoms with E-state index in [2.05, 4.69) is 0 Å². The molecule has 1 aliphatic heterocycles. The molecule has 0 N–H and O–H groups in total. The van der Waals surface area contributed by atoms with Crippen molar-refractivity contribution in [3.63, 3.8) is 0 Å². The number of Topliss-reactive ketones (excluding diaryl/α,β-unsaturated/α-hetero) is 1. The molecular weight excluding hydrogens is 431 g/mol. The first-order chi connectivity index (χ1) is 15.1. The minimum atomic E-state index is -4.68. The van der Waals surface area contributed by atoms with E-state index in [4.69, 9.17) is 4.74 Å². The van der Waals surface area contributed by atoms with Crippen molar-refractivity contribution in [3.05, 3.63) is 63.7 Å². The number of piperazine rings is 1. The maximum atomic E-state index is 12.9. The minimum Gasteiger partial charge on any atom is -0.484 e. The smallest absolute Gasteiger partial charge is 0.416 e. The number of carbonyl (C=O) groups is 2. The van der Waals surface area contributed by atoms with Gasteiger partial charge in [0.25, 0.3) is 11.6 Å². The molecular formula is C21H20F3N3O5. The molecule has 32 heavy (non-hydrogen) atoms. The summed E-state index contributed by atoms with van der Waals surface area (Å²) in [6.45, 7) is 2.15. The largest absolute Gasteiger partial charge is 0.484 e. The van der Waals surface area contributed by atoms with Gasteiger partial charge < -0.3 is 14.5 Å². The zero-order valence-corrected chi connectivity index (χ0v) is 17.1. The van der Waals surface area contributed by atoms with Crippen LogP contribution in [0, 0.1) is 10.1 Å². The standard InChI is InChI=1S/C21H20F3N3O5/c1-14(28)15-2-5-17(6-3-15)32-13-20(29)26-10-8-25(9-11-26)18-7-4-16(21(22,23)24)12-19(18)27(30)31/h2-7,12H,8-11,13H2,1H3. The summed E-state index contributed by atoms with van der Waals surface area (Å²) in [5.74, 6) is 0.0587. The van der Waals surface area contributed by atoms with Crippen LogP contribution in [0.4, 0.5) is 24.5 Å². The number of hydrogen-bond acceptors (Lipinski definition) is 6. The molecule has 0 atom stereocenters. The van der Waals surface area contributed by atoms with Crippen molar-refractivity contribution in [2.75, 3.05) is 37.7 Å². The second-order valence-electron chi connectivity index (χ2n) is 7.20. The molecule has 11 heteroatoms. The molecule has 1 amide bonds. The highest BCUT2D eigenvalue weighted by Crippen LogP contribution is 2.36. The van der Waals surface area contributed by atoms with Gasteiger partial charge in [-0.25, -0.2) is 0 Å². The Balaban J connectivity index is 1.59. The Hall–Kier alpha value is -3.63. The molecule has 0 bridgehead atoms. The van der Waals surface area contributed by atoms with Crippen LogP contribution < -0.4 is 9.64 Å². The van der Waals surface area contributed by atoms with Crippen LogP contribution in [-0.2, 0) is 11.0 Å². The third kappa shape index (κ3) is 5.34. The summed E-state index contributed by atoms with van der Waals surface area (Å²) < 4.78 is 44.1. The average molecular weight is 451 g/mol. The number of anilines is 1. The number of hydrogen-bond donors (Lipinski definition) is 0. The molecule has 3 rings (SSSR count). The molecule has 0 aromatic heterocycles. The summed E-state index contributed by atoms with van der Waals surface area (Å²) >= 11 is 0. The van der Waals surface area contributed by atoms with Crippen molar-refractivity contribution >= 4 is 23.1 Å². The Kier molecular flexibility index (Phi) is 6.66. The van der Waals surface area contributed by atoms with E-state index in [0.29, 0.717) is 17.4 Å². The minimum absolute atomic E-state index is 0.0805. The van der Waals surface area contributed by atoms with Crippen LogP contribution >= 0.6 is 0 Å². The number of halogens is 3. The van der Waals surface area contributed by atoms with E-state index >= 15 is 0 Å². The van der Waals surface area contributed by atoms with E-state index in [1.165, 1.54) is 11.8 Å². The lowest BCUT2D eigenvalue weighted by Crippen LogP contribution is -2.50. The number of ether oxygens (including phenoxy) is 1. The molecule has 170 valence electrons. The lowest BCUT2D eigenvalue weighted by molar-refractivity contribution is -0.384. The zero-order chi connectivity index (χ0) is 23.5. The average Bonchev–Trinajstić information content (AvgIpc) is 2.76. The van der Waals surface area contributed by atoms with E-state index in [0.717, 1.165) is 12.1 Å². The van der Waals surface area contributed by atoms with Gasteiger partial charge in [-0.1, -0.05) is 0 Å². The van der Waals surface area contributed by atoms with Crippen molar-refractivity contribution in [2.24, 2.45) is 0 Å². The van der Waals surface area contributed by atoms with Gasteiger partial charge in [0.05, 0.1) is 10.5 Å². The van der Waals surface area contributed by atoms with E-state index in [-0.39, 0.29) is 50.2 Å². The first-order valence-corrected chi connectivity index (χ1v) is 9.68. The molecule has 0 spiro atoms. The van der Waals surface area contributed by atoms with Crippen LogP contribution in [0.25, 0.3) is 0 Å². The summed E-state index contributed by atoms with van der Waals surface area (Å²) in [6, 6.07) is 8.79. The van der Waals surface area contributed by atoms with Crippen LogP contribution in [0.15, 0.2) is 42.5 Å². The molecule has 1 fully saturated rings. The van der Waals surface area contributed by atoms with Gasteiger partial charge in [0, 0.05) is 37.8 Å². The SMILES string of the molecule is CC(=O)c1ccc(OCC(=O)N2CCN(c3ccc(C(F)(F)F)cc3[N+](=O)[O-])CC2)cc1. The van der Waals surface area contributed by atoms with Gasteiger partial charge in [-0.05, 0) is 43.3 Å². The molecule has 0 saturated carbocycles. The van der Waals surface area contributed by atoms with E-state index in [9.17, 15) is 32.9 Å². The predicted molar refractivity (Wildman–Crippen MR) is 109 cm³/mol. The fourth-order valence-electron chi connectivity index (χ4n) is 3.33. The summed E-state index contributed by atoms with van der Waals surface area (Å²) in [4.78, 5) is 37.3. The van der Waals surface area contributed by atoms with E-state index in [1.807, 2.05) is 0 Å². The second kappa shape index (κ2) is 9.25.